The molecule has 0 bridgehead atoms. The number of carbonyl (C=O) groups is 1. The molecule has 1 heterocycles. The second kappa shape index (κ2) is 27.4. The van der Waals surface area contributed by atoms with Crippen molar-refractivity contribution in [3.05, 3.63) is 72.3 Å². The van der Waals surface area contributed by atoms with Crippen molar-refractivity contribution in [2.24, 2.45) is 0 Å². The molecule has 12 nitrogen and oxygen atoms in total. The third-order valence-corrected chi connectivity index (χ3v) is 8.78. The van der Waals surface area contributed by atoms with Gasteiger partial charge in [-0.2, -0.15) is 8.42 Å². The van der Waals surface area contributed by atoms with Gasteiger partial charge in [0.1, 0.15) is 31.3 Å². The van der Waals surface area contributed by atoms with Gasteiger partial charge < -0.3 is 34.1 Å². The molecule has 13 heteroatoms. The lowest BCUT2D eigenvalue weighted by molar-refractivity contribution is -0.117. The standard InChI is InChI=1S/C28H38O6.C7H13NO.C6H13N.C5H12O3S/c1-5-15-30-16-17-31-18-19-32-20-21-33-26-11-7-23(8-12-26)28(3,4)24-9-13-27(14-10-24)34-22-25(29)6-2;1-5-6(9)8-7(2,3)4;1-6(2,3)7-4-5-7;1-5(2,3)8-9(4,6)7/h1,7-14,25,29H,6,15-22H2,2-4H3;5H,1H2,2-4H3,(H,8,9);4-5H2,1-3H3;1-4H3. The van der Waals surface area contributed by atoms with Crippen molar-refractivity contribution in [1.29, 1.82) is 0 Å². The van der Waals surface area contributed by atoms with E-state index in [2.05, 4.69) is 85.8 Å². The number of aliphatic hydroxyl groups excluding tert-OH is 1. The van der Waals surface area contributed by atoms with E-state index >= 15 is 0 Å². The van der Waals surface area contributed by atoms with Crippen LogP contribution in [0.15, 0.2) is 61.2 Å². The van der Waals surface area contributed by atoms with Gasteiger partial charge in [-0.15, -0.1) is 6.42 Å². The molecule has 1 fully saturated rings. The van der Waals surface area contributed by atoms with Crippen molar-refractivity contribution < 1.29 is 46.2 Å². The maximum absolute atomic E-state index is 10.6. The van der Waals surface area contributed by atoms with Crippen molar-refractivity contribution in [3.8, 4) is 23.8 Å². The summed E-state index contributed by atoms with van der Waals surface area (Å²) in [5, 5.41) is 12.4. The summed E-state index contributed by atoms with van der Waals surface area (Å²) >= 11 is 0. The first kappa shape index (κ1) is 55.5. The van der Waals surface area contributed by atoms with E-state index in [0.717, 1.165) is 17.8 Å². The highest BCUT2D eigenvalue weighted by atomic mass is 32.2. The second-order valence-corrected chi connectivity index (χ2v) is 19.0. The Morgan fingerprint density at radius 2 is 1.25 bits per heavy atom. The lowest BCUT2D eigenvalue weighted by atomic mass is 9.78. The van der Waals surface area contributed by atoms with Gasteiger partial charge in [-0.3, -0.25) is 13.9 Å². The Labute approximate surface area is 357 Å². The fourth-order valence-electron chi connectivity index (χ4n) is 4.80. The van der Waals surface area contributed by atoms with Crippen molar-refractivity contribution in [2.75, 3.05) is 72.2 Å². The number of hydrogen-bond donors (Lipinski definition) is 2. The number of amides is 1. The number of nitrogens with zero attached hydrogens (tertiary/aromatic N) is 1. The maximum atomic E-state index is 10.6. The van der Waals surface area contributed by atoms with E-state index in [1.807, 2.05) is 52.0 Å². The van der Waals surface area contributed by atoms with Crippen molar-refractivity contribution >= 4 is 16.0 Å². The van der Waals surface area contributed by atoms with E-state index in [0.29, 0.717) is 64.8 Å². The molecule has 0 aliphatic carbocycles. The molecule has 2 aromatic carbocycles. The average Bonchev–Trinajstić information content (AvgIpc) is 3.99. The number of nitrogens with one attached hydrogen (secondary N) is 1. The van der Waals surface area contributed by atoms with E-state index in [1.54, 1.807) is 20.8 Å². The third kappa shape index (κ3) is 30.2. The molecule has 1 aliphatic rings. The number of terminal acetylenes is 1. The van der Waals surface area contributed by atoms with E-state index < -0.39 is 21.8 Å². The number of ether oxygens (including phenoxy) is 5. The molecule has 1 aliphatic heterocycles. The molecule has 1 atom stereocenters. The zero-order chi connectivity index (χ0) is 45.3. The number of carbonyl (C=O) groups excluding carboxylic acids is 1. The van der Waals surface area contributed by atoms with Gasteiger partial charge in [0.25, 0.3) is 10.1 Å². The zero-order valence-electron chi connectivity index (χ0n) is 38.3. The molecule has 0 spiro atoms. The molecule has 2 aromatic rings. The van der Waals surface area contributed by atoms with E-state index in [1.165, 1.54) is 30.3 Å². The number of benzene rings is 2. The van der Waals surface area contributed by atoms with Crippen LogP contribution in [-0.2, 0) is 38.7 Å². The highest BCUT2D eigenvalue weighted by Crippen LogP contribution is 2.33. The van der Waals surface area contributed by atoms with Crippen molar-refractivity contribution in [1.82, 2.24) is 10.2 Å². The summed E-state index contributed by atoms with van der Waals surface area (Å²) in [4.78, 5) is 13.0. The number of aliphatic hydroxyl groups is 1. The van der Waals surface area contributed by atoms with Crippen LogP contribution in [0.4, 0.5) is 0 Å². The Balaban J connectivity index is 0.00000108. The SMILES string of the molecule is C#CCOCCOCCOCCOc1ccc(C(C)(C)c2ccc(OCC(O)CC)cc2)cc1.C=CC(=O)NC(C)(C)C.CC(C)(C)N1CC1.CC(C)(C)OS(C)(=O)=O. The monoisotopic (exact) mass is 849 g/mol. The maximum Gasteiger partial charge on any atom is 0.264 e. The summed E-state index contributed by atoms with van der Waals surface area (Å²) in [5.41, 5.74) is 1.89. The number of hydrogen-bond acceptors (Lipinski definition) is 11. The zero-order valence-corrected chi connectivity index (χ0v) is 39.1. The minimum atomic E-state index is -3.28. The lowest BCUT2D eigenvalue weighted by Gasteiger charge is -2.26. The van der Waals surface area contributed by atoms with Gasteiger partial charge in [-0.25, -0.2) is 0 Å². The topological polar surface area (TPSA) is 142 Å². The summed E-state index contributed by atoms with van der Waals surface area (Å²) in [6.07, 6.45) is 7.65. The smallest absolute Gasteiger partial charge is 0.264 e. The van der Waals surface area contributed by atoms with E-state index in [4.69, 9.17) is 30.1 Å². The summed E-state index contributed by atoms with van der Waals surface area (Å²) in [6, 6.07) is 16.2. The van der Waals surface area contributed by atoms with E-state index in [9.17, 15) is 18.3 Å². The minimum Gasteiger partial charge on any atom is -0.491 e. The molecule has 0 radical (unpaired) electrons. The van der Waals surface area contributed by atoms with Crippen LogP contribution in [0.5, 0.6) is 11.5 Å². The quantitative estimate of drug-likeness (QED) is 0.0489. The van der Waals surface area contributed by atoms with Crippen LogP contribution in [0.1, 0.15) is 101 Å². The Morgan fingerprint density at radius 1 is 0.814 bits per heavy atom. The fraction of sp³-hybridized carbons (Fsp3) is 0.630. The van der Waals surface area contributed by atoms with Crippen LogP contribution in [0.3, 0.4) is 0 Å². The normalized spacial score (nSPS) is 13.4. The predicted molar refractivity (Wildman–Crippen MR) is 239 cm³/mol. The summed E-state index contributed by atoms with van der Waals surface area (Å²) in [5.74, 6) is 3.86. The molecule has 336 valence electrons. The van der Waals surface area contributed by atoms with Gasteiger partial charge in [-0.1, -0.05) is 57.5 Å². The van der Waals surface area contributed by atoms with Gasteiger partial charge in [-0.05, 0) is 110 Å². The van der Waals surface area contributed by atoms with Gasteiger partial charge in [0.05, 0.1) is 51.0 Å². The van der Waals surface area contributed by atoms with Gasteiger partial charge in [0, 0.05) is 29.6 Å². The minimum absolute atomic E-state index is 0.123. The van der Waals surface area contributed by atoms with Crippen molar-refractivity contribution in [3.63, 3.8) is 0 Å². The third-order valence-electron chi connectivity index (χ3n) is 7.97. The first-order valence-corrected chi connectivity index (χ1v) is 22.0. The van der Waals surface area contributed by atoms with Crippen LogP contribution < -0.4 is 14.8 Å². The molecule has 0 aromatic heterocycles. The largest absolute Gasteiger partial charge is 0.491 e. The first-order valence-electron chi connectivity index (χ1n) is 20.2. The van der Waals surface area contributed by atoms with E-state index in [-0.39, 0.29) is 16.9 Å². The van der Waals surface area contributed by atoms with Crippen LogP contribution in [0, 0.1) is 12.3 Å². The molecule has 3 rings (SSSR count). The highest BCUT2D eigenvalue weighted by Gasteiger charge is 2.29. The van der Waals surface area contributed by atoms with Crippen LogP contribution in [0.2, 0.25) is 0 Å². The molecule has 1 saturated heterocycles. The predicted octanol–water partition coefficient (Wildman–Crippen LogP) is 7.17. The molecular formula is C46H76N2O10S. The molecule has 0 saturated carbocycles. The molecule has 2 N–H and O–H groups in total. The van der Waals surface area contributed by atoms with Gasteiger partial charge in [0.2, 0.25) is 5.91 Å². The molecule has 59 heavy (non-hydrogen) atoms. The Hall–Kier alpha value is -3.48. The van der Waals surface area contributed by atoms with Gasteiger partial charge >= 0.3 is 0 Å². The molecule has 1 unspecified atom stereocenters. The van der Waals surface area contributed by atoms with Crippen LogP contribution in [-0.4, -0.2) is 119 Å². The summed E-state index contributed by atoms with van der Waals surface area (Å²) in [6.45, 7) is 33.5. The average molecular weight is 849 g/mol. The first-order chi connectivity index (χ1) is 27.2. The van der Waals surface area contributed by atoms with Crippen molar-refractivity contribution in [2.45, 2.75) is 118 Å². The molecular weight excluding hydrogens is 773 g/mol. The number of rotatable bonds is 19. The Bertz CT molecular complexity index is 1600. The second-order valence-electron chi connectivity index (χ2n) is 17.4. The van der Waals surface area contributed by atoms with Crippen LogP contribution in [0.25, 0.3) is 0 Å². The highest BCUT2D eigenvalue weighted by molar-refractivity contribution is 7.86. The fourth-order valence-corrected chi connectivity index (χ4v) is 5.71. The lowest BCUT2D eigenvalue weighted by Crippen LogP contribution is -2.39. The molecule has 1 amide bonds. The van der Waals surface area contributed by atoms with Crippen LogP contribution >= 0.6 is 0 Å². The summed E-state index contributed by atoms with van der Waals surface area (Å²) < 4.78 is 52.9. The van der Waals surface area contributed by atoms with Gasteiger partial charge in [0.15, 0.2) is 0 Å². The Morgan fingerprint density at radius 3 is 1.56 bits per heavy atom. The Kier molecular flexibility index (Phi) is 25.8. The summed E-state index contributed by atoms with van der Waals surface area (Å²) in [7, 11) is -3.28.